The van der Waals surface area contributed by atoms with Crippen LogP contribution in [0.2, 0.25) is 0 Å². The quantitative estimate of drug-likeness (QED) is 0.728. The minimum absolute atomic E-state index is 0.0982. The Kier molecular flexibility index (Phi) is 5.38. The van der Waals surface area contributed by atoms with E-state index in [1.165, 1.54) is 5.56 Å². The minimum Gasteiger partial charge on any atom is -0.322 e. The molecule has 0 aromatic heterocycles. The third kappa shape index (κ3) is 3.93. The highest BCUT2D eigenvalue weighted by molar-refractivity contribution is 9.10. The lowest BCUT2D eigenvalue weighted by Crippen LogP contribution is -2.11. The molecule has 0 bridgehead atoms. The zero-order valence-electron chi connectivity index (χ0n) is 11.1. The van der Waals surface area contributed by atoms with E-state index in [-0.39, 0.29) is 5.91 Å². The fourth-order valence-corrected chi connectivity index (χ4v) is 2.64. The molecule has 0 aliphatic heterocycles. The van der Waals surface area contributed by atoms with Gasteiger partial charge in [0.05, 0.1) is 0 Å². The van der Waals surface area contributed by atoms with Crippen molar-refractivity contribution >= 4 is 43.5 Å². The maximum Gasteiger partial charge on any atom is 0.255 e. The first-order valence-electron chi connectivity index (χ1n) is 6.32. The molecule has 20 heavy (non-hydrogen) atoms. The molecule has 0 saturated carbocycles. The van der Waals surface area contributed by atoms with Crippen LogP contribution in [0, 0.1) is 6.92 Å². The summed E-state index contributed by atoms with van der Waals surface area (Å²) in [5, 5.41) is 3.84. The maximum absolute atomic E-state index is 12.1. The number of halogens is 2. The SMILES string of the molecule is Cc1ccc(C(=O)Nc2ccc(CCBr)cc2)cc1Br. The first-order valence-corrected chi connectivity index (χ1v) is 8.24. The summed E-state index contributed by atoms with van der Waals surface area (Å²) in [6, 6.07) is 13.5. The second-order valence-electron chi connectivity index (χ2n) is 4.55. The number of hydrogen-bond acceptors (Lipinski definition) is 1. The lowest BCUT2D eigenvalue weighted by Gasteiger charge is -2.07. The van der Waals surface area contributed by atoms with Gasteiger partial charge in [0.2, 0.25) is 0 Å². The van der Waals surface area contributed by atoms with Gasteiger partial charge in [-0.3, -0.25) is 4.79 Å². The van der Waals surface area contributed by atoms with Gasteiger partial charge in [0.25, 0.3) is 5.91 Å². The zero-order chi connectivity index (χ0) is 14.5. The summed E-state index contributed by atoms with van der Waals surface area (Å²) in [5.74, 6) is -0.0982. The van der Waals surface area contributed by atoms with E-state index in [2.05, 4.69) is 37.2 Å². The van der Waals surface area contributed by atoms with Gasteiger partial charge in [-0.15, -0.1) is 0 Å². The second kappa shape index (κ2) is 7.04. The maximum atomic E-state index is 12.1. The standard InChI is InChI=1S/C16H15Br2NO/c1-11-2-5-13(10-15(11)18)16(20)19-14-6-3-12(4-7-14)8-9-17/h2-7,10H,8-9H2,1H3,(H,19,20). The smallest absolute Gasteiger partial charge is 0.255 e. The largest absolute Gasteiger partial charge is 0.322 e. The van der Waals surface area contributed by atoms with Crippen LogP contribution in [0.4, 0.5) is 5.69 Å². The van der Waals surface area contributed by atoms with Gasteiger partial charge in [-0.05, 0) is 48.7 Å². The van der Waals surface area contributed by atoms with Crippen molar-refractivity contribution in [3.63, 3.8) is 0 Å². The molecule has 2 aromatic rings. The number of carbonyl (C=O) groups excluding carboxylic acids is 1. The summed E-state index contributed by atoms with van der Waals surface area (Å²) in [7, 11) is 0. The van der Waals surface area contributed by atoms with Gasteiger partial charge in [-0.2, -0.15) is 0 Å². The molecule has 0 fully saturated rings. The van der Waals surface area contributed by atoms with E-state index in [1.54, 1.807) is 0 Å². The van der Waals surface area contributed by atoms with E-state index in [1.807, 2.05) is 49.4 Å². The van der Waals surface area contributed by atoms with Gasteiger partial charge >= 0.3 is 0 Å². The van der Waals surface area contributed by atoms with Crippen molar-refractivity contribution in [1.82, 2.24) is 0 Å². The minimum atomic E-state index is -0.0982. The van der Waals surface area contributed by atoms with Gasteiger partial charge < -0.3 is 5.32 Å². The van der Waals surface area contributed by atoms with Crippen LogP contribution in [-0.4, -0.2) is 11.2 Å². The Balaban J connectivity index is 2.08. The van der Waals surface area contributed by atoms with E-state index in [0.29, 0.717) is 5.56 Å². The third-order valence-electron chi connectivity index (χ3n) is 3.03. The molecule has 104 valence electrons. The van der Waals surface area contributed by atoms with E-state index >= 15 is 0 Å². The summed E-state index contributed by atoms with van der Waals surface area (Å²) in [5.41, 5.74) is 3.82. The molecule has 2 aromatic carbocycles. The van der Waals surface area contributed by atoms with Crippen LogP contribution in [0.15, 0.2) is 46.9 Å². The molecule has 0 aliphatic rings. The van der Waals surface area contributed by atoms with E-state index in [9.17, 15) is 4.79 Å². The third-order valence-corrected chi connectivity index (χ3v) is 4.28. The molecule has 0 unspecified atom stereocenters. The van der Waals surface area contributed by atoms with E-state index in [0.717, 1.165) is 27.5 Å². The molecule has 0 heterocycles. The number of nitrogens with one attached hydrogen (secondary N) is 1. The Bertz CT molecular complexity index is 608. The van der Waals surface area contributed by atoms with Crippen molar-refractivity contribution in [3.05, 3.63) is 63.6 Å². The van der Waals surface area contributed by atoms with Gasteiger partial charge in [0, 0.05) is 21.1 Å². The van der Waals surface area contributed by atoms with E-state index < -0.39 is 0 Å². The molecular weight excluding hydrogens is 382 g/mol. The lowest BCUT2D eigenvalue weighted by atomic mass is 10.1. The van der Waals surface area contributed by atoms with Gasteiger partial charge in [0.15, 0.2) is 0 Å². The summed E-state index contributed by atoms with van der Waals surface area (Å²) in [6.45, 7) is 1.99. The number of rotatable bonds is 4. The van der Waals surface area contributed by atoms with Crippen molar-refractivity contribution in [2.75, 3.05) is 10.6 Å². The summed E-state index contributed by atoms with van der Waals surface area (Å²) in [6.07, 6.45) is 0.985. The average molecular weight is 397 g/mol. The molecule has 1 amide bonds. The number of amides is 1. The molecule has 2 rings (SSSR count). The number of benzene rings is 2. The van der Waals surface area contributed by atoms with Crippen LogP contribution in [0.1, 0.15) is 21.5 Å². The number of hydrogen-bond donors (Lipinski definition) is 1. The number of aryl methyl sites for hydroxylation is 2. The topological polar surface area (TPSA) is 29.1 Å². The normalized spacial score (nSPS) is 10.3. The number of alkyl halides is 1. The zero-order valence-corrected chi connectivity index (χ0v) is 14.3. The fraction of sp³-hybridized carbons (Fsp3) is 0.188. The Labute approximate surface area is 135 Å². The Morgan fingerprint density at radius 2 is 1.85 bits per heavy atom. The van der Waals surface area contributed by atoms with Crippen LogP contribution in [0.3, 0.4) is 0 Å². The van der Waals surface area contributed by atoms with Crippen LogP contribution in [0.5, 0.6) is 0 Å². The monoisotopic (exact) mass is 395 g/mol. The van der Waals surface area contributed by atoms with Crippen molar-refractivity contribution in [2.45, 2.75) is 13.3 Å². The summed E-state index contributed by atoms with van der Waals surface area (Å²) >= 11 is 6.86. The molecule has 1 N–H and O–H groups in total. The molecule has 0 aliphatic carbocycles. The first-order chi connectivity index (χ1) is 9.60. The molecule has 0 saturated heterocycles. The van der Waals surface area contributed by atoms with E-state index in [4.69, 9.17) is 0 Å². The molecular formula is C16H15Br2NO. The predicted molar refractivity (Wildman–Crippen MR) is 90.8 cm³/mol. The van der Waals surface area contributed by atoms with Crippen LogP contribution < -0.4 is 5.32 Å². The molecule has 0 spiro atoms. The number of anilines is 1. The Morgan fingerprint density at radius 3 is 2.45 bits per heavy atom. The highest BCUT2D eigenvalue weighted by atomic mass is 79.9. The van der Waals surface area contributed by atoms with Crippen molar-refractivity contribution < 1.29 is 4.79 Å². The molecule has 4 heteroatoms. The average Bonchev–Trinajstić information content (AvgIpc) is 2.44. The van der Waals surface area contributed by atoms with Crippen molar-refractivity contribution in [3.8, 4) is 0 Å². The second-order valence-corrected chi connectivity index (χ2v) is 6.20. The Morgan fingerprint density at radius 1 is 1.15 bits per heavy atom. The fourth-order valence-electron chi connectivity index (χ4n) is 1.80. The highest BCUT2D eigenvalue weighted by Crippen LogP contribution is 2.19. The van der Waals surface area contributed by atoms with Gasteiger partial charge in [0.1, 0.15) is 0 Å². The Hall–Kier alpha value is -1.13. The summed E-state index contributed by atoms with van der Waals surface area (Å²) in [4.78, 5) is 12.1. The van der Waals surface area contributed by atoms with Gasteiger partial charge in [-0.25, -0.2) is 0 Å². The van der Waals surface area contributed by atoms with Crippen molar-refractivity contribution in [2.24, 2.45) is 0 Å². The van der Waals surface area contributed by atoms with Gasteiger partial charge in [-0.1, -0.05) is 50.1 Å². The van der Waals surface area contributed by atoms with Crippen LogP contribution in [0.25, 0.3) is 0 Å². The summed E-state index contributed by atoms with van der Waals surface area (Å²) < 4.78 is 0.942. The predicted octanol–water partition coefficient (Wildman–Crippen LogP) is 4.95. The first kappa shape index (κ1) is 15.3. The van der Waals surface area contributed by atoms with Crippen LogP contribution >= 0.6 is 31.9 Å². The highest BCUT2D eigenvalue weighted by Gasteiger charge is 2.07. The van der Waals surface area contributed by atoms with Crippen LogP contribution in [-0.2, 0) is 6.42 Å². The molecule has 0 radical (unpaired) electrons. The molecule has 2 nitrogen and oxygen atoms in total. The van der Waals surface area contributed by atoms with Crippen molar-refractivity contribution in [1.29, 1.82) is 0 Å². The lowest BCUT2D eigenvalue weighted by molar-refractivity contribution is 0.102. The number of carbonyl (C=O) groups is 1. The molecule has 0 atom stereocenters.